The Bertz CT molecular complexity index is 594. The topological polar surface area (TPSA) is 55.8 Å². The molecule has 1 aromatic carbocycles. The summed E-state index contributed by atoms with van der Waals surface area (Å²) in [4.78, 5) is 0. The Kier molecular flexibility index (Phi) is 5.26. The maximum absolute atomic E-state index is 13.8. The summed E-state index contributed by atoms with van der Waals surface area (Å²) in [5.74, 6) is -1.56. The summed E-state index contributed by atoms with van der Waals surface area (Å²) in [6, 6.07) is 3.16. The van der Waals surface area contributed by atoms with Crippen LogP contribution in [-0.2, 0) is 19.5 Å². The number of methoxy groups -OCH3 is 1. The number of nitrogens with zero attached hydrogens (tertiary/aromatic N) is 1. The highest BCUT2D eigenvalue weighted by Crippen LogP contribution is 2.26. The van der Waals surface area contributed by atoms with Gasteiger partial charge in [-0.25, -0.2) is 17.2 Å². The van der Waals surface area contributed by atoms with Crippen molar-refractivity contribution in [2.45, 2.75) is 6.10 Å². The number of morpholine rings is 1. The van der Waals surface area contributed by atoms with Gasteiger partial charge in [-0.3, -0.25) is 0 Å². The fraction of sp³-hybridized carbons (Fsp3) is 0.538. The molecule has 0 aromatic heterocycles. The van der Waals surface area contributed by atoms with Crippen molar-refractivity contribution in [2.75, 3.05) is 39.2 Å². The molecule has 0 spiro atoms. The first kappa shape index (κ1) is 16.3. The van der Waals surface area contributed by atoms with E-state index in [1.165, 1.54) is 17.5 Å². The van der Waals surface area contributed by atoms with E-state index in [0.717, 1.165) is 12.1 Å². The van der Waals surface area contributed by atoms with E-state index in [2.05, 4.69) is 0 Å². The van der Waals surface area contributed by atoms with Gasteiger partial charge in [0.05, 0.1) is 25.1 Å². The summed E-state index contributed by atoms with van der Waals surface area (Å²) in [5, 5.41) is 0. The lowest BCUT2D eigenvalue weighted by Gasteiger charge is -2.32. The van der Waals surface area contributed by atoms with Gasteiger partial charge in [0.15, 0.2) is 0 Å². The molecule has 1 aliphatic rings. The molecule has 1 atom stereocenters. The van der Waals surface area contributed by atoms with Crippen LogP contribution in [0.4, 0.5) is 8.78 Å². The van der Waals surface area contributed by atoms with E-state index in [9.17, 15) is 17.2 Å². The molecule has 0 amide bonds. The van der Waals surface area contributed by atoms with Gasteiger partial charge in [0, 0.05) is 31.8 Å². The van der Waals surface area contributed by atoms with Crippen LogP contribution in [-0.4, -0.2) is 51.9 Å². The molecule has 0 saturated carbocycles. The highest BCUT2D eigenvalue weighted by atomic mass is 32.2. The molecule has 1 aliphatic heterocycles. The van der Waals surface area contributed by atoms with Gasteiger partial charge in [0.1, 0.15) is 11.6 Å². The Morgan fingerprint density at radius 3 is 2.86 bits per heavy atom. The molecule has 5 nitrogen and oxygen atoms in total. The molecule has 0 radical (unpaired) electrons. The molecule has 1 aromatic rings. The van der Waals surface area contributed by atoms with Crippen molar-refractivity contribution in [3.63, 3.8) is 0 Å². The molecule has 0 aliphatic carbocycles. The number of ether oxygens (including phenoxy) is 2. The number of sulfonamides is 1. The summed E-state index contributed by atoms with van der Waals surface area (Å²) in [7, 11) is -2.05. The molecule has 0 N–H and O–H groups in total. The van der Waals surface area contributed by atoms with Gasteiger partial charge in [-0.2, -0.15) is 4.31 Å². The van der Waals surface area contributed by atoms with Crippen LogP contribution in [0.2, 0.25) is 0 Å². The zero-order valence-electron chi connectivity index (χ0n) is 11.6. The number of benzene rings is 1. The monoisotopic (exact) mass is 321 g/mol. The minimum Gasteiger partial charge on any atom is -0.384 e. The second-order valence-electron chi connectivity index (χ2n) is 4.69. The third kappa shape index (κ3) is 3.97. The van der Waals surface area contributed by atoms with Crippen molar-refractivity contribution in [3.8, 4) is 0 Å². The standard InChI is InChI=1S/C13H17F2NO4S/c1-19-6-7-21(17,18)16-4-5-20-13(9-16)11-3-2-10(14)8-12(11)15/h2-3,8,13H,4-7,9H2,1H3. The number of rotatable bonds is 5. The lowest BCUT2D eigenvalue weighted by Crippen LogP contribution is -2.44. The van der Waals surface area contributed by atoms with E-state index in [0.29, 0.717) is 0 Å². The fourth-order valence-electron chi connectivity index (χ4n) is 2.15. The highest BCUT2D eigenvalue weighted by Gasteiger charge is 2.31. The summed E-state index contributed by atoms with van der Waals surface area (Å²) in [6.07, 6.45) is -0.739. The Morgan fingerprint density at radius 1 is 1.43 bits per heavy atom. The molecule has 1 heterocycles. The van der Waals surface area contributed by atoms with Crippen LogP contribution in [0.1, 0.15) is 11.7 Å². The van der Waals surface area contributed by atoms with Gasteiger partial charge in [0.2, 0.25) is 10.0 Å². The van der Waals surface area contributed by atoms with Crippen LogP contribution < -0.4 is 0 Å². The quantitative estimate of drug-likeness (QED) is 0.821. The first-order valence-corrected chi connectivity index (χ1v) is 8.08. The Morgan fingerprint density at radius 2 is 2.19 bits per heavy atom. The molecular weight excluding hydrogens is 304 g/mol. The van der Waals surface area contributed by atoms with Gasteiger partial charge in [-0.05, 0) is 6.07 Å². The second kappa shape index (κ2) is 6.78. The molecule has 1 saturated heterocycles. The smallest absolute Gasteiger partial charge is 0.216 e. The normalized spacial score (nSPS) is 20.6. The molecule has 118 valence electrons. The lowest BCUT2D eigenvalue weighted by molar-refractivity contribution is -0.00461. The summed E-state index contributed by atoms with van der Waals surface area (Å²) in [5.41, 5.74) is 0.156. The summed E-state index contributed by atoms with van der Waals surface area (Å²) >= 11 is 0. The Labute approximate surface area is 122 Å². The van der Waals surface area contributed by atoms with Crippen LogP contribution in [0, 0.1) is 11.6 Å². The minimum absolute atomic E-state index is 0.00853. The first-order chi connectivity index (χ1) is 9.94. The zero-order chi connectivity index (χ0) is 15.5. The molecule has 21 heavy (non-hydrogen) atoms. The number of hydrogen-bond acceptors (Lipinski definition) is 4. The second-order valence-corrected chi connectivity index (χ2v) is 6.78. The van der Waals surface area contributed by atoms with Gasteiger partial charge < -0.3 is 9.47 Å². The van der Waals surface area contributed by atoms with Crippen molar-refractivity contribution >= 4 is 10.0 Å². The number of halogens is 2. The van der Waals surface area contributed by atoms with E-state index >= 15 is 0 Å². The Balaban J connectivity index is 2.14. The number of hydrogen-bond donors (Lipinski definition) is 0. The third-order valence-corrected chi connectivity index (χ3v) is 5.08. The van der Waals surface area contributed by atoms with Crippen LogP contribution in [0.25, 0.3) is 0 Å². The van der Waals surface area contributed by atoms with Crippen LogP contribution >= 0.6 is 0 Å². The van der Waals surface area contributed by atoms with Gasteiger partial charge in [0.25, 0.3) is 0 Å². The largest absolute Gasteiger partial charge is 0.384 e. The van der Waals surface area contributed by atoms with Crippen molar-refractivity contribution < 1.29 is 26.7 Å². The fourth-order valence-corrected chi connectivity index (χ4v) is 3.50. The zero-order valence-corrected chi connectivity index (χ0v) is 12.4. The molecule has 1 fully saturated rings. The van der Waals surface area contributed by atoms with E-state index in [-0.39, 0.29) is 37.6 Å². The summed E-state index contributed by atoms with van der Waals surface area (Å²) in [6.45, 7) is 0.475. The lowest BCUT2D eigenvalue weighted by atomic mass is 10.1. The van der Waals surface area contributed by atoms with Crippen molar-refractivity contribution in [2.24, 2.45) is 0 Å². The van der Waals surface area contributed by atoms with Gasteiger partial charge >= 0.3 is 0 Å². The van der Waals surface area contributed by atoms with Crippen molar-refractivity contribution in [3.05, 3.63) is 35.4 Å². The molecule has 1 unspecified atom stereocenters. The maximum atomic E-state index is 13.8. The van der Waals surface area contributed by atoms with E-state index in [1.54, 1.807) is 0 Å². The average molecular weight is 321 g/mol. The van der Waals surface area contributed by atoms with E-state index in [4.69, 9.17) is 9.47 Å². The van der Waals surface area contributed by atoms with Gasteiger partial charge in [-0.15, -0.1) is 0 Å². The van der Waals surface area contributed by atoms with Crippen molar-refractivity contribution in [1.29, 1.82) is 0 Å². The minimum atomic E-state index is -3.48. The first-order valence-electron chi connectivity index (χ1n) is 6.47. The SMILES string of the molecule is COCCS(=O)(=O)N1CCOC(c2ccc(F)cc2F)C1. The van der Waals surface area contributed by atoms with Gasteiger partial charge in [-0.1, -0.05) is 6.07 Å². The van der Waals surface area contributed by atoms with Crippen LogP contribution in [0.5, 0.6) is 0 Å². The van der Waals surface area contributed by atoms with Crippen LogP contribution in [0.15, 0.2) is 18.2 Å². The Hall–Kier alpha value is -1.09. The molecular formula is C13H17F2NO4S. The average Bonchev–Trinajstić information content (AvgIpc) is 2.45. The summed E-state index contributed by atoms with van der Waals surface area (Å²) < 4.78 is 62.3. The third-order valence-electron chi connectivity index (χ3n) is 3.28. The molecule has 2 rings (SSSR count). The molecule has 8 heteroatoms. The predicted octanol–water partition coefficient (Wildman–Crippen LogP) is 1.31. The van der Waals surface area contributed by atoms with E-state index < -0.39 is 27.8 Å². The predicted molar refractivity (Wildman–Crippen MR) is 72.3 cm³/mol. The highest BCUT2D eigenvalue weighted by molar-refractivity contribution is 7.89. The van der Waals surface area contributed by atoms with E-state index in [1.807, 2.05) is 0 Å². The maximum Gasteiger partial charge on any atom is 0.216 e. The molecule has 0 bridgehead atoms. The van der Waals surface area contributed by atoms with Crippen molar-refractivity contribution in [1.82, 2.24) is 4.31 Å². The van der Waals surface area contributed by atoms with Crippen LogP contribution in [0.3, 0.4) is 0 Å².